The van der Waals surface area contributed by atoms with Gasteiger partial charge in [0.15, 0.2) is 0 Å². The van der Waals surface area contributed by atoms with Gasteiger partial charge < -0.3 is 10.1 Å². The van der Waals surface area contributed by atoms with Crippen LogP contribution in [-0.4, -0.2) is 43.7 Å². The minimum atomic E-state index is -0.172. The van der Waals surface area contributed by atoms with Crippen LogP contribution in [-0.2, 0) is 0 Å². The highest BCUT2D eigenvalue weighted by Gasteiger charge is 2.49. The highest BCUT2D eigenvalue weighted by molar-refractivity contribution is 6.32. The Hall–Kier alpha value is -3.47. The zero-order valence-electron chi connectivity index (χ0n) is 23.7. The lowest BCUT2D eigenvalue weighted by Gasteiger charge is -2.60. The van der Waals surface area contributed by atoms with E-state index >= 15 is 0 Å². The Morgan fingerprint density at radius 2 is 1.77 bits per heavy atom. The van der Waals surface area contributed by atoms with E-state index in [4.69, 9.17) is 16.3 Å². The lowest BCUT2D eigenvalue weighted by atomic mass is 9.73. The van der Waals surface area contributed by atoms with Gasteiger partial charge in [-0.2, -0.15) is 15.5 Å². The van der Waals surface area contributed by atoms with Gasteiger partial charge in [-0.15, -0.1) is 0 Å². The molecule has 1 aliphatic heterocycles. The molecule has 1 aromatic heterocycles. The summed E-state index contributed by atoms with van der Waals surface area (Å²) in [5, 5.41) is 21.1. The van der Waals surface area contributed by atoms with E-state index in [1.807, 2.05) is 6.07 Å². The second kappa shape index (κ2) is 10.6. The van der Waals surface area contributed by atoms with Crippen LogP contribution in [0.1, 0.15) is 77.2 Å². The number of hydrogen-bond acceptors (Lipinski definition) is 6. The molecular weight excluding hydrogens is 510 g/mol. The first-order chi connectivity index (χ1) is 18.2. The predicted octanol–water partition coefficient (Wildman–Crippen LogP) is 7.01. The van der Waals surface area contributed by atoms with Gasteiger partial charge in [-0.25, -0.2) is 0 Å². The number of benzene rings is 2. The molecule has 0 atom stereocenters. The molecule has 3 aromatic rings. The highest BCUT2D eigenvalue weighted by Crippen LogP contribution is 2.43. The molecule has 0 unspecified atom stereocenters. The Bertz CT molecular complexity index is 1390. The molecule has 4 rings (SSSR count). The Labute approximate surface area is 236 Å². The second-order valence-electron chi connectivity index (χ2n) is 12.4. The van der Waals surface area contributed by atoms with Crippen molar-refractivity contribution in [2.75, 3.05) is 0 Å². The molecule has 204 valence electrons. The first-order valence-electron chi connectivity index (χ1n) is 13.1. The summed E-state index contributed by atoms with van der Waals surface area (Å²) in [6.07, 6.45) is 4.85. The molecule has 7 nitrogen and oxygen atoms in total. The normalized spacial score (nSPS) is 17.3. The number of hydrogen-bond donors (Lipinski definition) is 1. The predicted molar refractivity (Wildman–Crippen MR) is 154 cm³/mol. The summed E-state index contributed by atoms with van der Waals surface area (Å²) in [5.74, 6) is 0.547. The van der Waals surface area contributed by atoms with Gasteiger partial charge in [0.2, 0.25) is 0 Å². The van der Waals surface area contributed by atoms with Gasteiger partial charge in [0, 0.05) is 39.3 Å². The summed E-state index contributed by atoms with van der Waals surface area (Å²) >= 11 is 6.57. The number of amides is 1. The fourth-order valence-corrected chi connectivity index (χ4v) is 6.95. The van der Waals surface area contributed by atoms with Crippen LogP contribution in [0.4, 0.5) is 0 Å². The van der Waals surface area contributed by atoms with Crippen LogP contribution in [0.3, 0.4) is 0 Å². The molecule has 0 spiro atoms. The molecule has 39 heavy (non-hydrogen) atoms. The van der Waals surface area contributed by atoms with E-state index in [9.17, 15) is 10.1 Å². The van der Waals surface area contributed by atoms with Crippen LogP contribution in [0.2, 0.25) is 5.02 Å². The number of aromatic nitrogens is 2. The van der Waals surface area contributed by atoms with E-state index < -0.39 is 0 Å². The van der Waals surface area contributed by atoms with Crippen molar-refractivity contribution in [2.45, 2.75) is 84.0 Å². The molecule has 1 aliphatic rings. The molecule has 0 radical (unpaired) electrons. The molecular formula is C31H36ClN5O2. The average Bonchev–Trinajstić information content (AvgIpc) is 2.83. The minimum absolute atomic E-state index is 0.00541. The maximum Gasteiger partial charge on any atom is 0.251 e. The summed E-state index contributed by atoms with van der Waals surface area (Å²) in [4.78, 5) is 15.8. The Balaban J connectivity index is 1.52. The summed E-state index contributed by atoms with van der Waals surface area (Å²) in [7, 11) is 0. The van der Waals surface area contributed by atoms with Crippen molar-refractivity contribution in [3.05, 3.63) is 71.0 Å². The Kier molecular flexibility index (Phi) is 7.75. The maximum atomic E-state index is 13.3. The fraction of sp³-hybridized carbons (Fsp3) is 0.419. The number of carbonyl (C=O) groups is 1. The highest BCUT2D eigenvalue weighted by atomic mass is 35.5. The largest absolute Gasteiger partial charge is 0.454 e. The summed E-state index contributed by atoms with van der Waals surface area (Å²) in [5.41, 5.74) is 2.07. The number of nitrogens with zero attached hydrogens (tertiary/aromatic N) is 4. The van der Waals surface area contributed by atoms with E-state index in [1.54, 1.807) is 48.8 Å². The SMILES string of the molecule is CC(C)(C)N1C(C)(C)CC(NC(=O)c2ccc(Oc3cccc(-c4ccnnc4)c3C#N)c(Cl)c2)CC1(C)C. The monoisotopic (exact) mass is 545 g/mol. The lowest BCUT2D eigenvalue weighted by molar-refractivity contribution is -0.0980. The van der Waals surface area contributed by atoms with E-state index in [0.717, 1.165) is 18.4 Å². The van der Waals surface area contributed by atoms with Gasteiger partial charge >= 0.3 is 0 Å². The molecule has 0 saturated carbocycles. The van der Waals surface area contributed by atoms with Crippen molar-refractivity contribution in [3.8, 4) is 28.7 Å². The molecule has 2 heterocycles. The molecule has 1 N–H and O–H groups in total. The number of ether oxygens (including phenoxy) is 1. The molecule has 1 amide bonds. The topological polar surface area (TPSA) is 91.1 Å². The molecule has 2 aromatic carbocycles. The standard InChI is InChI=1S/C31H36ClN5O2/c1-29(2,3)37-30(4,5)16-22(17-31(37,6)7)36-28(38)20-11-12-27(25(32)15-20)39-26-10-8-9-23(24(26)18-33)21-13-14-34-35-19-21/h8-15,19,22H,16-17H2,1-7H3,(H,36,38). The zero-order chi connectivity index (χ0) is 28.6. The van der Waals surface area contributed by atoms with Crippen molar-refractivity contribution >= 4 is 17.5 Å². The quantitative estimate of drug-likeness (QED) is 0.371. The van der Waals surface area contributed by atoms with Gasteiger partial charge in [0.05, 0.1) is 17.4 Å². The summed E-state index contributed by atoms with van der Waals surface area (Å²) < 4.78 is 6.05. The Morgan fingerprint density at radius 3 is 2.33 bits per heavy atom. The van der Waals surface area contributed by atoms with Crippen LogP contribution >= 0.6 is 11.6 Å². The third-order valence-electron chi connectivity index (χ3n) is 7.16. The van der Waals surface area contributed by atoms with Crippen molar-refractivity contribution < 1.29 is 9.53 Å². The molecule has 1 fully saturated rings. The van der Waals surface area contributed by atoms with Crippen LogP contribution in [0, 0.1) is 11.3 Å². The van der Waals surface area contributed by atoms with Crippen molar-refractivity contribution in [1.82, 2.24) is 20.4 Å². The van der Waals surface area contributed by atoms with E-state index in [1.165, 1.54) is 0 Å². The van der Waals surface area contributed by atoms with Gasteiger partial charge in [-0.1, -0.05) is 23.7 Å². The van der Waals surface area contributed by atoms with Crippen LogP contribution in [0.15, 0.2) is 54.9 Å². The number of likely N-dealkylation sites (tertiary alicyclic amines) is 1. The van der Waals surface area contributed by atoms with E-state index in [-0.39, 0.29) is 33.6 Å². The second-order valence-corrected chi connectivity index (χ2v) is 12.8. The first kappa shape index (κ1) is 28.5. The van der Waals surface area contributed by atoms with Crippen molar-refractivity contribution in [3.63, 3.8) is 0 Å². The first-order valence-corrected chi connectivity index (χ1v) is 13.5. The molecule has 0 aliphatic carbocycles. The lowest BCUT2D eigenvalue weighted by Crippen LogP contribution is -2.69. The van der Waals surface area contributed by atoms with E-state index in [0.29, 0.717) is 28.2 Å². The number of nitrogens with one attached hydrogen (secondary N) is 1. The smallest absolute Gasteiger partial charge is 0.251 e. The van der Waals surface area contributed by atoms with E-state index in [2.05, 4.69) is 74.9 Å². The van der Waals surface area contributed by atoms with Gasteiger partial charge in [-0.3, -0.25) is 9.69 Å². The number of carbonyl (C=O) groups excluding carboxylic acids is 1. The van der Waals surface area contributed by atoms with Crippen LogP contribution in [0.25, 0.3) is 11.1 Å². The fourth-order valence-electron chi connectivity index (χ4n) is 6.73. The molecule has 1 saturated heterocycles. The Morgan fingerprint density at radius 1 is 1.08 bits per heavy atom. The number of nitriles is 1. The summed E-state index contributed by atoms with van der Waals surface area (Å²) in [6, 6.07) is 14.3. The number of piperidine rings is 1. The third kappa shape index (κ3) is 6.08. The molecule has 0 bridgehead atoms. The number of halogens is 1. The third-order valence-corrected chi connectivity index (χ3v) is 7.45. The van der Waals surface area contributed by atoms with Crippen LogP contribution in [0.5, 0.6) is 11.5 Å². The van der Waals surface area contributed by atoms with Crippen LogP contribution < -0.4 is 10.1 Å². The average molecular weight is 546 g/mol. The van der Waals surface area contributed by atoms with Gasteiger partial charge in [0.25, 0.3) is 5.91 Å². The van der Waals surface area contributed by atoms with Crippen molar-refractivity contribution in [1.29, 1.82) is 5.26 Å². The van der Waals surface area contributed by atoms with Crippen molar-refractivity contribution in [2.24, 2.45) is 0 Å². The molecule has 8 heteroatoms. The maximum absolute atomic E-state index is 13.3. The zero-order valence-corrected chi connectivity index (χ0v) is 24.4. The minimum Gasteiger partial charge on any atom is -0.454 e. The van der Waals surface area contributed by atoms with Gasteiger partial charge in [0.1, 0.15) is 23.1 Å². The summed E-state index contributed by atoms with van der Waals surface area (Å²) in [6.45, 7) is 15.7. The number of rotatable bonds is 5. The van der Waals surface area contributed by atoms with Gasteiger partial charge in [-0.05, 0) is 91.6 Å².